The largest absolute Gasteiger partial charge is 0.372 e. The molecule has 0 unspecified atom stereocenters. The van der Waals surface area contributed by atoms with Crippen LogP contribution in [0.5, 0.6) is 0 Å². The monoisotopic (exact) mass is 481 g/mol. The lowest BCUT2D eigenvalue weighted by Gasteiger charge is -2.18. The maximum Gasteiger partial charge on any atom is 0.137 e. The zero-order chi connectivity index (χ0) is 23.4. The summed E-state index contributed by atoms with van der Waals surface area (Å²) in [5.41, 5.74) is 4.52. The van der Waals surface area contributed by atoms with E-state index in [1.165, 1.54) is 20.9 Å². The van der Waals surface area contributed by atoms with E-state index in [4.69, 9.17) is 14.5 Å². The van der Waals surface area contributed by atoms with Gasteiger partial charge in [0.2, 0.25) is 0 Å². The molecule has 0 fully saturated rings. The summed E-state index contributed by atoms with van der Waals surface area (Å²) in [6, 6.07) is 18.3. The molecule has 4 rings (SSSR count). The number of ether oxygens (including phenoxy) is 2. The predicted octanol–water partition coefficient (Wildman–Crippen LogP) is 6.07. The molecule has 2 aromatic carbocycles. The molecule has 0 saturated carbocycles. The first kappa shape index (κ1) is 24.2. The molecule has 1 aliphatic rings. The molecule has 0 aliphatic carbocycles. The third-order valence-electron chi connectivity index (χ3n) is 5.68. The highest BCUT2D eigenvalue weighted by atomic mass is 32.2. The number of hydrogen-bond donors (Lipinski definition) is 0. The number of hydrogen-bond acceptors (Lipinski definition) is 5. The molecular weight excluding hydrogens is 446 g/mol. The second-order valence-electron chi connectivity index (χ2n) is 9.95. The molecule has 33 heavy (non-hydrogen) atoms. The Morgan fingerprint density at radius 2 is 1.58 bits per heavy atom. The van der Waals surface area contributed by atoms with E-state index in [0.717, 1.165) is 36.4 Å². The van der Waals surface area contributed by atoms with E-state index in [-0.39, 0.29) is 0 Å². The Labute approximate surface area is 203 Å². The van der Waals surface area contributed by atoms with Gasteiger partial charge in [-0.25, -0.2) is 4.98 Å². The van der Waals surface area contributed by atoms with E-state index in [1.54, 1.807) is 0 Å². The zero-order valence-electron chi connectivity index (χ0n) is 20.4. The Bertz CT molecular complexity index is 1090. The molecule has 2 heterocycles. The first-order valence-corrected chi connectivity index (χ1v) is 16.1. The fourth-order valence-corrected chi connectivity index (χ4v) is 5.61. The molecule has 0 radical (unpaired) electrons. The van der Waals surface area contributed by atoms with E-state index < -0.39 is 8.07 Å². The number of nitrogens with zero attached hydrogens (tertiary/aromatic N) is 3. The van der Waals surface area contributed by atoms with Crippen molar-refractivity contribution in [3.05, 3.63) is 54.4 Å². The smallest absolute Gasteiger partial charge is 0.137 e. The van der Waals surface area contributed by atoms with Crippen molar-refractivity contribution in [1.82, 2.24) is 14.5 Å². The Morgan fingerprint density at radius 3 is 2.27 bits per heavy atom. The van der Waals surface area contributed by atoms with Crippen molar-refractivity contribution in [3.8, 4) is 22.5 Å². The maximum absolute atomic E-state index is 6.24. The van der Waals surface area contributed by atoms with Gasteiger partial charge in [0.15, 0.2) is 0 Å². The van der Waals surface area contributed by atoms with E-state index in [0.29, 0.717) is 19.9 Å². The maximum atomic E-state index is 6.24. The minimum atomic E-state index is -1.15. The summed E-state index contributed by atoms with van der Waals surface area (Å²) in [6.07, 6.45) is 0. The molecular formula is C26H35N3O2SSi. The third-order valence-corrected chi connectivity index (χ3v) is 8.54. The van der Waals surface area contributed by atoms with Crippen molar-refractivity contribution in [1.29, 1.82) is 0 Å². The van der Waals surface area contributed by atoms with E-state index in [1.807, 2.05) is 11.8 Å². The number of aromatic nitrogens is 2. The van der Waals surface area contributed by atoms with Crippen LogP contribution in [0.15, 0.2) is 58.3 Å². The summed E-state index contributed by atoms with van der Waals surface area (Å²) in [5.74, 6) is 0.920. The molecule has 1 aromatic heterocycles. The highest BCUT2D eigenvalue weighted by molar-refractivity contribution is 7.99. The molecule has 3 aromatic rings. The number of imidazole rings is 1. The van der Waals surface area contributed by atoms with Crippen molar-refractivity contribution in [2.75, 3.05) is 33.9 Å². The van der Waals surface area contributed by atoms with Crippen LogP contribution in [0, 0.1) is 0 Å². The highest BCUT2D eigenvalue weighted by Crippen LogP contribution is 2.47. The topological polar surface area (TPSA) is 39.5 Å². The van der Waals surface area contributed by atoms with Crippen LogP contribution < -0.4 is 0 Å². The van der Waals surface area contributed by atoms with Crippen LogP contribution in [0.4, 0.5) is 0 Å². The van der Waals surface area contributed by atoms with Gasteiger partial charge in [-0.05, 0) is 32.3 Å². The molecule has 0 spiro atoms. The minimum Gasteiger partial charge on any atom is -0.372 e. The van der Waals surface area contributed by atoms with Crippen molar-refractivity contribution < 1.29 is 9.47 Å². The van der Waals surface area contributed by atoms with Crippen LogP contribution in [-0.4, -0.2) is 56.4 Å². The molecule has 5 nitrogen and oxygen atoms in total. The van der Waals surface area contributed by atoms with Crippen LogP contribution >= 0.6 is 11.8 Å². The van der Waals surface area contributed by atoms with E-state index >= 15 is 0 Å². The van der Waals surface area contributed by atoms with Gasteiger partial charge in [-0.15, -0.1) is 0 Å². The lowest BCUT2D eigenvalue weighted by atomic mass is 10.0. The summed E-state index contributed by atoms with van der Waals surface area (Å²) in [7, 11) is 2.97. The van der Waals surface area contributed by atoms with Gasteiger partial charge in [-0.2, -0.15) is 0 Å². The molecule has 1 aliphatic heterocycles. The summed E-state index contributed by atoms with van der Waals surface area (Å²) < 4.78 is 14.5. The molecule has 0 amide bonds. The summed E-state index contributed by atoms with van der Waals surface area (Å²) in [4.78, 5) is 9.74. The Morgan fingerprint density at radius 1 is 0.909 bits per heavy atom. The van der Waals surface area contributed by atoms with Gasteiger partial charge in [-0.3, -0.25) is 0 Å². The second kappa shape index (κ2) is 10.6. The first-order chi connectivity index (χ1) is 15.8. The van der Waals surface area contributed by atoms with Gasteiger partial charge in [0.05, 0.1) is 18.0 Å². The molecule has 0 N–H and O–H groups in total. The van der Waals surface area contributed by atoms with Crippen LogP contribution in [-0.2, 0) is 22.8 Å². The van der Waals surface area contributed by atoms with Crippen LogP contribution in [0.3, 0.4) is 0 Å². The highest BCUT2D eigenvalue weighted by Gasteiger charge is 2.27. The van der Waals surface area contributed by atoms with Crippen LogP contribution in [0.1, 0.15) is 5.82 Å². The van der Waals surface area contributed by atoms with Crippen LogP contribution in [0.2, 0.25) is 25.7 Å². The van der Waals surface area contributed by atoms with Crippen molar-refractivity contribution in [2.24, 2.45) is 0 Å². The molecule has 176 valence electrons. The predicted molar refractivity (Wildman–Crippen MR) is 140 cm³/mol. The molecule has 0 atom stereocenters. The summed E-state index contributed by atoms with van der Waals surface area (Å²) >= 11 is 1.81. The van der Waals surface area contributed by atoms with E-state index in [9.17, 15) is 0 Å². The first-order valence-electron chi connectivity index (χ1n) is 11.6. The third kappa shape index (κ3) is 5.97. The van der Waals surface area contributed by atoms with Gasteiger partial charge < -0.3 is 18.9 Å². The molecule has 7 heteroatoms. The minimum absolute atomic E-state index is 0.468. The number of likely N-dealkylation sites (N-methyl/N-ethyl adjacent to an activating group) is 1. The number of benzene rings is 2. The lowest BCUT2D eigenvalue weighted by molar-refractivity contribution is 0.0688. The second-order valence-corrected chi connectivity index (χ2v) is 16.7. The Balaban J connectivity index is 1.73. The van der Waals surface area contributed by atoms with Gasteiger partial charge in [0.25, 0.3) is 0 Å². The van der Waals surface area contributed by atoms with Gasteiger partial charge in [0.1, 0.15) is 19.2 Å². The normalized spacial score (nSPS) is 12.9. The summed E-state index contributed by atoms with van der Waals surface area (Å²) in [6.45, 7) is 10.4. The zero-order valence-corrected chi connectivity index (χ0v) is 22.2. The van der Waals surface area contributed by atoms with Crippen molar-refractivity contribution in [3.63, 3.8) is 0 Å². The fourth-order valence-electron chi connectivity index (χ4n) is 3.78. The quantitative estimate of drug-likeness (QED) is 0.203. The van der Waals surface area contributed by atoms with Crippen LogP contribution in [0.25, 0.3) is 22.5 Å². The van der Waals surface area contributed by atoms with Crippen molar-refractivity contribution >= 4 is 19.8 Å². The molecule has 0 saturated heterocycles. The van der Waals surface area contributed by atoms with E-state index in [2.05, 4.69) is 91.7 Å². The van der Waals surface area contributed by atoms with Gasteiger partial charge in [0, 0.05) is 42.1 Å². The Kier molecular flexibility index (Phi) is 7.76. The SMILES string of the molecule is CN(C)CCOCc1nc2c(n1COCC[Si](C)(C)C)-c1ccccc1Sc1ccccc1-2. The Hall–Kier alpha value is -1.90. The average molecular weight is 482 g/mol. The number of rotatable bonds is 10. The standard InChI is InChI=1S/C26H35N3O2SSi/c1-28(2)14-15-30-18-24-27-25-20-10-6-8-12-22(20)32-23-13-9-7-11-21(23)26(25)29(24)19-31-16-17-33(3,4)5/h6-13H,14-19H2,1-5H3. The molecule has 0 bridgehead atoms. The van der Waals surface area contributed by atoms with Crippen molar-refractivity contribution in [2.45, 2.75) is 48.8 Å². The fraction of sp³-hybridized carbons (Fsp3) is 0.423. The summed E-state index contributed by atoms with van der Waals surface area (Å²) in [5, 5.41) is 0. The average Bonchev–Trinajstić information content (AvgIpc) is 3.05. The van der Waals surface area contributed by atoms with Gasteiger partial charge in [-0.1, -0.05) is 67.8 Å². The van der Waals surface area contributed by atoms with Gasteiger partial charge >= 0.3 is 0 Å². The number of fused-ring (bicyclic) bond motifs is 5. The lowest BCUT2D eigenvalue weighted by Crippen LogP contribution is -2.22.